The van der Waals surface area contributed by atoms with Crippen molar-refractivity contribution in [3.63, 3.8) is 0 Å². The predicted octanol–water partition coefficient (Wildman–Crippen LogP) is 3.49. The Hall–Kier alpha value is -3.72. The summed E-state index contributed by atoms with van der Waals surface area (Å²) >= 11 is 0. The van der Waals surface area contributed by atoms with Gasteiger partial charge in [-0.3, -0.25) is 14.4 Å². The molecule has 0 amide bonds. The van der Waals surface area contributed by atoms with Gasteiger partial charge in [-0.05, 0) is 23.8 Å². The number of esters is 3. The van der Waals surface area contributed by atoms with Gasteiger partial charge in [-0.1, -0.05) is 30.3 Å². The number of hydrogen-bond acceptors (Lipinski definition) is 8. The number of rotatable bonds is 6. The van der Waals surface area contributed by atoms with Crippen LogP contribution in [0.25, 0.3) is 22.4 Å². The lowest BCUT2D eigenvalue weighted by atomic mass is 9.92. The number of carbonyl (C=O) groups is 3. The summed E-state index contributed by atoms with van der Waals surface area (Å²) in [6, 6.07) is 15.2. The number of para-hydroxylation sites is 2. The molecular weight excluding hydrogens is 440 g/mol. The third kappa shape index (κ3) is 5.43. The first-order valence-electron chi connectivity index (χ1n) is 11.0. The van der Waals surface area contributed by atoms with E-state index < -0.39 is 42.3 Å². The summed E-state index contributed by atoms with van der Waals surface area (Å²) in [6.45, 7) is 3.87. The van der Waals surface area contributed by atoms with Crippen LogP contribution < -0.4 is 0 Å². The van der Waals surface area contributed by atoms with Crippen molar-refractivity contribution in [1.29, 1.82) is 0 Å². The quantitative estimate of drug-likeness (QED) is 0.433. The first kappa shape index (κ1) is 23.4. The smallest absolute Gasteiger partial charge is 0.303 e. The van der Waals surface area contributed by atoms with E-state index in [0.29, 0.717) is 11.4 Å². The standard InChI is InChI=1S/C25H26N2O7/c1-14(28)31-13-19-12-22(32-15(2)29)24(33-16(3)30)23(34-19)17-7-6-8-18(11-17)25-26-20-9-4-5-10-21(20)27-25/h4-11,19,22-24H,12-13H2,1-3H3,(H,26,27). The molecule has 9 nitrogen and oxygen atoms in total. The number of hydrogen-bond donors (Lipinski definition) is 1. The van der Waals surface area contributed by atoms with Gasteiger partial charge in [0.1, 0.15) is 24.6 Å². The third-order valence-electron chi connectivity index (χ3n) is 5.47. The first-order valence-corrected chi connectivity index (χ1v) is 11.0. The maximum Gasteiger partial charge on any atom is 0.303 e. The van der Waals surface area contributed by atoms with Gasteiger partial charge in [-0.25, -0.2) is 4.98 Å². The Morgan fingerprint density at radius 1 is 1.00 bits per heavy atom. The van der Waals surface area contributed by atoms with Gasteiger partial charge in [0.05, 0.1) is 17.1 Å². The molecule has 0 radical (unpaired) electrons. The molecular formula is C25H26N2O7. The lowest BCUT2D eigenvalue weighted by Gasteiger charge is -2.40. The molecule has 4 atom stereocenters. The number of ether oxygens (including phenoxy) is 4. The number of aromatic amines is 1. The number of aromatic nitrogens is 2. The zero-order valence-corrected chi connectivity index (χ0v) is 19.1. The van der Waals surface area contributed by atoms with Gasteiger partial charge in [-0.2, -0.15) is 0 Å². The van der Waals surface area contributed by atoms with Crippen LogP contribution in [0, 0.1) is 0 Å². The Balaban J connectivity index is 1.69. The molecule has 178 valence electrons. The van der Waals surface area contributed by atoms with Crippen molar-refractivity contribution in [2.24, 2.45) is 0 Å². The molecule has 0 saturated carbocycles. The average Bonchev–Trinajstić information content (AvgIpc) is 3.23. The molecule has 1 fully saturated rings. The minimum absolute atomic E-state index is 0.0142. The Bertz CT molecular complexity index is 1170. The highest BCUT2D eigenvalue weighted by atomic mass is 16.6. The van der Waals surface area contributed by atoms with E-state index in [-0.39, 0.29) is 13.0 Å². The van der Waals surface area contributed by atoms with E-state index in [1.165, 1.54) is 20.8 Å². The van der Waals surface area contributed by atoms with Gasteiger partial charge in [0.25, 0.3) is 0 Å². The second kappa shape index (κ2) is 10.0. The van der Waals surface area contributed by atoms with Crippen LogP contribution in [0.1, 0.15) is 38.9 Å². The molecule has 3 aromatic rings. The summed E-state index contributed by atoms with van der Waals surface area (Å²) < 4.78 is 22.4. The summed E-state index contributed by atoms with van der Waals surface area (Å²) in [5.41, 5.74) is 3.26. The Morgan fingerprint density at radius 2 is 1.76 bits per heavy atom. The Kier molecular flexibility index (Phi) is 6.93. The van der Waals surface area contributed by atoms with E-state index in [0.717, 1.165) is 16.6 Å². The van der Waals surface area contributed by atoms with Gasteiger partial charge in [0.15, 0.2) is 6.10 Å². The fourth-order valence-electron chi connectivity index (χ4n) is 4.12. The second-order valence-electron chi connectivity index (χ2n) is 8.17. The summed E-state index contributed by atoms with van der Waals surface area (Å²) in [7, 11) is 0. The SMILES string of the molecule is CC(=O)OCC1CC(OC(C)=O)C(OC(C)=O)C(c2cccc(-c3nc4ccccc4[nH]3)c2)O1. The third-order valence-corrected chi connectivity index (χ3v) is 5.47. The molecule has 0 spiro atoms. The summed E-state index contributed by atoms with van der Waals surface area (Å²) in [6.07, 6.45) is -2.74. The maximum absolute atomic E-state index is 11.9. The number of nitrogens with one attached hydrogen (secondary N) is 1. The molecule has 2 heterocycles. The number of fused-ring (bicyclic) bond motifs is 1. The molecule has 1 aliphatic heterocycles. The van der Waals surface area contributed by atoms with E-state index in [9.17, 15) is 14.4 Å². The minimum atomic E-state index is -0.874. The monoisotopic (exact) mass is 466 g/mol. The van der Waals surface area contributed by atoms with E-state index in [1.807, 2.05) is 48.5 Å². The molecule has 34 heavy (non-hydrogen) atoms. The molecule has 4 unspecified atom stereocenters. The minimum Gasteiger partial charge on any atom is -0.463 e. The van der Waals surface area contributed by atoms with E-state index in [1.54, 1.807) is 0 Å². The van der Waals surface area contributed by atoms with Gasteiger partial charge in [0.2, 0.25) is 0 Å². The van der Waals surface area contributed by atoms with Crippen LogP contribution in [0.3, 0.4) is 0 Å². The van der Waals surface area contributed by atoms with Crippen LogP contribution in [0.4, 0.5) is 0 Å². The normalized spacial score (nSPS) is 22.2. The molecule has 4 rings (SSSR count). The van der Waals surface area contributed by atoms with Crippen LogP contribution in [-0.2, 0) is 33.3 Å². The predicted molar refractivity (Wildman–Crippen MR) is 122 cm³/mol. The van der Waals surface area contributed by atoms with Crippen molar-refractivity contribution in [2.75, 3.05) is 6.61 Å². The number of nitrogens with zero attached hydrogens (tertiary/aromatic N) is 1. The Labute approximate surface area is 196 Å². The summed E-state index contributed by atoms with van der Waals surface area (Å²) in [5.74, 6) is -0.804. The number of carbonyl (C=O) groups excluding carboxylic acids is 3. The van der Waals surface area contributed by atoms with E-state index in [4.69, 9.17) is 18.9 Å². The molecule has 1 aromatic heterocycles. The van der Waals surface area contributed by atoms with Crippen molar-refractivity contribution in [1.82, 2.24) is 9.97 Å². The number of H-pyrrole nitrogens is 1. The highest BCUT2D eigenvalue weighted by Gasteiger charge is 2.44. The maximum atomic E-state index is 11.9. The molecule has 0 aliphatic carbocycles. The summed E-state index contributed by atoms with van der Waals surface area (Å²) in [4.78, 5) is 43.0. The lowest BCUT2D eigenvalue weighted by molar-refractivity contribution is -0.214. The first-order chi connectivity index (χ1) is 16.3. The second-order valence-corrected chi connectivity index (χ2v) is 8.17. The van der Waals surface area contributed by atoms with Gasteiger partial charge >= 0.3 is 17.9 Å². The van der Waals surface area contributed by atoms with Crippen LogP contribution in [-0.4, -0.2) is 52.8 Å². The molecule has 1 N–H and O–H groups in total. The fraction of sp³-hybridized carbons (Fsp3) is 0.360. The number of imidazole rings is 1. The van der Waals surface area contributed by atoms with E-state index in [2.05, 4.69) is 9.97 Å². The Morgan fingerprint density at radius 3 is 2.47 bits per heavy atom. The zero-order chi connectivity index (χ0) is 24.2. The molecule has 0 bridgehead atoms. The largest absolute Gasteiger partial charge is 0.463 e. The van der Waals surface area contributed by atoms with E-state index >= 15 is 0 Å². The highest BCUT2D eigenvalue weighted by molar-refractivity contribution is 5.79. The molecule has 2 aromatic carbocycles. The van der Waals surface area contributed by atoms with Crippen molar-refractivity contribution >= 4 is 28.9 Å². The van der Waals surface area contributed by atoms with Crippen molar-refractivity contribution in [3.8, 4) is 11.4 Å². The summed E-state index contributed by atoms with van der Waals surface area (Å²) in [5, 5.41) is 0. The van der Waals surface area contributed by atoms with Crippen LogP contribution in [0.2, 0.25) is 0 Å². The van der Waals surface area contributed by atoms with Gasteiger partial charge in [0, 0.05) is 32.8 Å². The lowest BCUT2D eigenvalue weighted by Crippen LogP contribution is -2.48. The van der Waals surface area contributed by atoms with Crippen molar-refractivity contribution < 1.29 is 33.3 Å². The zero-order valence-electron chi connectivity index (χ0n) is 19.1. The van der Waals surface area contributed by atoms with Crippen molar-refractivity contribution in [2.45, 2.75) is 51.6 Å². The highest BCUT2D eigenvalue weighted by Crippen LogP contribution is 2.37. The van der Waals surface area contributed by atoms with Gasteiger partial charge < -0.3 is 23.9 Å². The van der Waals surface area contributed by atoms with Crippen LogP contribution >= 0.6 is 0 Å². The average molecular weight is 466 g/mol. The van der Waals surface area contributed by atoms with Crippen LogP contribution in [0.15, 0.2) is 48.5 Å². The topological polar surface area (TPSA) is 117 Å². The van der Waals surface area contributed by atoms with Gasteiger partial charge in [-0.15, -0.1) is 0 Å². The fourth-order valence-corrected chi connectivity index (χ4v) is 4.12. The molecule has 1 aliphatic rings. The molecule has 9 heteroatoms. The van der Waals surface area contributed by atoms with Crippen molar-refractivity contribution in [3.05, 3.63) is 54.1 Å². The number of benzene rings is 2. The molecule has 1 saturated heterocycles. The van der Waals surface area contributed by atoms with Crippen LogP contribution in [0.5, 0.6) is 0 Å².